The van der Waals surface area contributed by atoms with Crippen LogP contribution in [0, 0.1) is 11.8 Å². The summed E-state index contributed by atoms with van der Waals surface area (Å²) < 4.78 is 10.5. The SMILES string of the molecule is CCOC(=O)C1CCCC(NCC2CCOCC2)C1. The van der Waals surface area contributed by atoms with Crippen molar-refractivity contribution in [3.63, 3.8) is 0 Å². The summed E-state index contributed by atoms with van der Waals surface area (Å²) in [7, 11) is 0. The molecule has 1 aliphatic carbocycles. The molecular weight excluding hydrogens is 242 g/mol. The van der Waals surface area contributed by atoms with Gasteiger partial charge in [-0.2, -0.15) is 0 Å². The highest BCUT2D eigenvalue weighted by molar-refractivity contribution is 5.72. The molecule has 2 aliphatic rings. The van der Waals surface area contributed by atoms with Crippen LogP contribution < -0.4 is 5.32 Å². The maximum atomic E-state index is 11.8. The van der Waals surface area contributed by atoms with E-state index in [9.17, 15) is 4.79 Å². The predicted molar refractivity (Wildman–Crippen MR) is 73.9 cm³/mol. The minimum absolute atomic E-state index is 0.0000615. The Morgan fingerprint density at radius 2 is 2.05 bits per heavy atom. The third kappa shape index (κ3) is 4.77. The van der Waals surface area contributed by atoms with Gasteiger partial charge in [0.2, 0.25) is 0 Å². The van der Waals surface area contributed by atoms with Crippen molar-refractivity contribution in [3.8, 4) is 0 Å². The van der Waals surface area contributed by atoms with Crippen LogP contribution in [0.25, 0.3) is 0 Å². The van der Waals surface area contributed by atoms with Gasteiger partial charge in [-0.3, -0.25) is 4.79 Å². The highest BCUT2D eigenvalue weighted by Crippen LogP contribution is 2.26. The summed E-state index contributed by atoms with van der Waals surface area (Å²) in [5.74, 6) is 0.859. The predicted octanol–water partition coefficient (Wildman–Crippen LogP) is 2.12. The molecule has 0 aromatic heterocycles. The number of nitrogens with one attached hydrogen (secondary N) is 1. The Kier molecular flexibility index (Phi) is 6.11. The summed E-state index contributed by atoms with van der Waals surface area (Å²) >= 11 is 0. The highest BCUT2D eigenvalue weighted by atomic mass is 16.5. The molecule has 4 nitrogen and oxygen atoms in total. The number of rotatable bonds is 5. The first-order valence-electron chi connectivity index (χ1n) is 7.77. The molecule has 1 saturated heterocycles. The zero-order valence-corrected chi connectivity index (χ0v) is 12.0. The van der Waals surface area contributed by atoms with E-state index in [1.807, 2.05) is 6.92 Å². The molecule has 0 aromatic rings. The Hall–Kier alpha value is -0.610. The lowest BCUT2D eigenvalue weighted by Crippen LogP contribution is -2.40. The third-order valence-electron chi connectivity index (χ3n) is 4.33. The third-order valence-corrected chi connectivity index (χ3v) is 4.33. The van der Waals surface area contributed by atoms with E-state index in [1.54, 1.807) is 0 Å². The first-order chi connectivity index (χ1) is 9.29. The normalized spacial score (nSPS) is 29.1. The number of esters is 1. The molecule has 2 atom stereocenters. The first kappa shape index (κ1) is 14.8. The summed E-state index contributed by atoms with van der Waals surface area (Å²) in [5, 5.41) is 3.65. The van der Waals surface area contributed by atoms with E-state index in [0.717, 1.165) is 44.9 Å². The van der Waals surface area contributed by atoms with Gasteiger partial charge in [0.05, 0.1) is 12.5 Å². The Labute approximate surface area is 116 Å². The van der Waals surface area contributed by atoms with Crippen LogP contribution in [0.4, 0.5) is 0 Å². The van der Waals surface area contributed by atoms with Crippen LogP contribution in [-0.4, -0.2) is 38.4 Å². The van der Waals surface area contributed by atoms with Crippen molar-refractivity contribution >= 4 is 5.97 Å². The van der Waals surface area contributed by atoms with Gasteiger partial charge in [0.25, 0.3) is 0 Å². The molecule has 0 amide bonds. The number of ether oxygens (including phenoxy) is 2. The smallest absolute Gasteiger partial charge is 0.308 e. The fourth-order valence-corrected chi connectivity index (χ4v) is 3.13. The van der Waals surface area contributed by atoms with Crippen LogP contribution >= 0.6 is 0 Å². The minimum Gasteiger partial charge on any atom is -0.466 e. The van der Waals surface area contributed by atoms with E-state index >= 15 is 0 Å². The molecule has 0 bridgehead atoms. The lowest BCUT2D eigenvalue weighted by molar-refractivity contribution is -0.149. The van der Waals surface area contributed by atoms with E-state index in [1.165, 1.54) is 19.3 Å². The monoisotopic (exact) mass is 269 g/mol. The Balaban J connectivity index is 1.69. The van der Waals surface area contributed by atoms with Gasteiger partial charge in [-0.05, 0) is 51.5 Å². The summed E-state index contributed by atoms with van der Waals surface area (Å²) in [5.41, 5.74) is 0. The second kappa shape index (κ2) is 7.85. The number of hydrogen-bond donors (Lipinski definition) is 1. The Bertz CT molecular complexity index is 277. The lowest BCUT2D eigenvalue weighted by atomic mass is 9.85. The van der Waals surface area contributed by atoms with E-state index in [-0.39, 0.29) is 11.9 Å². The van der Waals surface area contributed by atoms with Crippen LogP contribution in [0.2, 0.25) is 0 Å². The maximum Gasteiger partial charge on any atom is 0.308 e. The summed E-state index contributed by atoms with van der Waals surface area (Å²) in [6.07, 6.45) is 6.60. The van der Waals surface area contributed by atoms with Gasteiger partial charge in [0, 0.05) is 19.3 Å². The quantitative estimate of drug-likeness (QED) is 0.777. The molecule has 2 rings (SSSR count). The largest absolute Gasteiger partial charge is 0.466 e. The fourth-order valence-electron chi connectivity index (χ4n) is 3.13. The zero-order chi connectivity index (χ0) is 13.5. The molecule has 1 heterocycles. The van der Waals surface area contributed by atoms with Gasteiger partial charge < -0.3 is 14.8 Å². The van der Waals surface area contributed by atoms with Crippen molar-refractivity contribution in [1.29, 1.82) is 0 Å². The zero-order valence-electron chi connectivity index (χ0n) is 12.0. The first-order valence-corrected chi connectivity index (χ1v) is 7.77. The molecule has 1 N–H and O–H groups in total. The summed E-state index contributed by atoms with van der Waals surface area (Å²) in [6, 6.07) is 0.492. The molecule has 0 radical (unpaired) electrons. The summed E-state index contributed by atoms with van der Waals surface area (Å²) in [4.78, 5) is 11.8. The highest BCUT2D eigenvalue weighted by Gasteiger charge is 2.28. The molecule has 0 spiro atoms. The number of hydrogen-bond acceptors (Lipinski definition) is 4. The average molecular weight is 269 g/mol. The number of carbonyl (C=O) groups excluding carboxylic acids is 1. The van der Waals surface area contributed by atoms with E-state index in [2.05, 4.69) is 5.32 Å². The van der Waals surface area contributed by atoms with Crippen molar-refractivity contribution < 1.29 is 14.3 Å². The maximum absolute atomic E-state index is 11.8. The molecule has 2 fully saturated rings. The van der Waals surface area contributed by atoms with Crippen molar-refractivity contribution in [2.75, 3.05) is 26.4 Å². The number of carbonyl (C=O) groups is 1. The Morgan fingerprint density at radius 1 is 1.26 bits per heavy atom. The molecular formula is C15H27NO3. The molecule has 0 aromatic carbocycles. The van der Waals surface area contributed by atoms with Gasteiger partial charge in [-0.25, -0.2) is 0 Å². The molecule has 19 heavy (non-hydrogen) atoms. The molecule has 4 heteroatoms. The molecule has 2 unspecified atom stereocenters. The second-order valence-corrected chi connectivity index (χ2v) is 5.78. The van der Waals surface area contributed by atoms with E-state index < -0.39 is 0 Å². The summed E-state index contributed by atoms with van der Waals surface area (Å²) in [6.45, 7) is 5.26. The topological polar surface area (TPSA) is 47.6 Å². The van der Waals surface area contributed by atoms with Gasteiger partial charge in [0.15, 0.2) is 0 Å². The molecule has 1 saturated carbocycles. The lowest BCUT2D eigenvalue weighted by Gasteiger charge is -2.31. The van der Waals surface area contributed by atoms with Crippen molar-refractivity contribution in [1.82, 2.24) is 5.32 Å². The average Bonchev–Trinajstić information content (AvgIpc) is 2.47. The van der Waals surface area contributed by atoms with Crippen LogP contribution in [0.1, 0.15) is 45.4 Å². The van der Waals surface area contributed by atoms with Crippen molar-refractivity contribution in [2.24, 2.45) is 11.8 Å². The van der Waals surface area contributed by atoms with Crippen molar-refractivity contribution in [3.05, 3.63) is 0 Å². The van der Waals surface area contributed by atoms with Crippen molar-refractivity contribution in [2.45, 2.75) is 51.5 Å². The minimum atomic E-state index is 0.0000615. The van der Waals surface area contributed by atoms with E-state index in [0.29, 0.717) is 12.6 Å². The van der Waals surface area contributed by atoms with Crippen LogP contribution in [0.15, 0.2) is 0 Å². The van der Waals surface area contributed by atoms with Gasteiger partial charge in [0.1, 0.15) is 0 Å². The second-order valence-electron chi connectivity index (χ2n) is 5.78. The fraction of sp³-hybridized carbons (Fsp3) is 0.933. The van der Waals surface area contributed by atoms with E-state index in [4.69, 9.17) is 9.47 Å². The van der Waals surface area contributed by atoms with Crippen LogP contribution in [0.5, 0.6) is 0 Å². The van der Waals surface area contributed by atoms with Crippen LogP contribution in [-0.2, 0) is 14.3 Å². The standard InChI is InChI=1S/C15H27NO3/c1-2-19-15(17)13-4-3-5-14(10-13)16-11-12-6-8-18-9-7-12/h12-14,16H,2-11H2,1H3. The Morgan fingerprint density at radius 3 is 2.79 bits per heavy atom. The molecule has 1 aliphatic heterocycles. The molecule has 110 valence electrons. The van der Waals surface area contributed by atoms with Gasteiger partial charge in [-0.15, -0.1) is 0 Å². The van der Waals surface area contributed by atoms with Crippen LogP contribution in [0.3, 0.4) is 0 Å². The van der Waals surface area contributed by atoms with Gasteiger partial charge in [-0.1, -0.05) is 6.42 Å². The van der Waals surface area contributed by atoms with Gasteiger partial charge >= 0.3 is 5.97 Å².